The first-order valence-electron chi connectivity index (χ1n) is 5.47. The summed E-state index contributed by atoms with van der Waals surface area (Å²) in [7, 11) is -3.09. The lowest BCUT2D eigenvalue weighted by atomic mass is 10.1. The van der Waals surface area contributed by atoms with E-state index in [0.29, 0.717) is 0 Å². The van der Waals surface area contributed by atoms with Gasteiger partial charge in [-0.1, -0.05) is 0 Å². The van der Waals surface area contributed by atoms with E-state index in [2.05, 4.69) is 0 Å². The lowest BCUT2D eigenvalue weighted by Crippen LogP contribution is -2.41. The number of sulfone groups is 1. The average Bonchev–Trinajstić information content (AvgIpc) is 2.30. The zero-order chi connectivity index (χ0) is 13.3. The van der Waals surface area contributed by atoms with Crippen molar-refractivity contribution in [3.05, 3.63) is 29.3 Å². The second-order valence-electron chi connectivity index (χ2n) is 4.21. The van der Waals surface area contributed by atoms with Gasteiger partial charge < -0.3 is 10.0 Å². The Morgan fingerprint density at radius 1 is 1.17 bits per heavy atom. The maximum absolute atomic E-state index is 13.7. The summed E-state index contributed by atoms with van der Waals surface area (Å²) in [5.74, 6) is -1.77. The van der Waals surface area contributed by atoms with Crippen molar-refractivity contribution in [3.8, 4) is 0 Å². The number of halogens is 2. The Kier molecular flexibility index (Phi) is 3.54. The Labute approximate surface area is 104 Å². The van der Waals surface area contributed by atoms with Crippen molar-refractivity contribution >= 4 is 15.5 Å². The van der Waals surface area contributed by atoms with E-state index in [-0.39, 0.29) is 35.8 Å². The van der Waals surface area contributed by atoms with Crippen molar-refractivity contribution in [1.29, 1.82) is 0 Å². The van der Waals surface area contributed by atoms with Crippen LogP contribution in [-0.4, -0.2) is 38.1 Å². The number of hydrogen-bond acceptors (Lipinski definition) is 4. The van der Waals surface area contributed by atoms with Crippen molar-refractivity contribution in [1.82, 2.24) is 0 Å². The fourth-order valence-electron chi connectivity index (χ4n) is 1.95. The molecule has 2 rings (SSSR count). The predicted octanol–water partition coefficient (Wildman–Crippen LogP) is 0.692. The third-order valence-electron chi connectivity index (χ3n) is 2.92. The van der Waals surface area contributed by atoms with E-state index in [4.69, 9.17) is 5.11 Å². The van der Waals surface area contributed by atoms with Gasteiger partial charge in [0.05, 0.1) is 18.1 Å². The number of benzene rings is 1. The molecule has 0 aliphatic carbocycles. The molecule has 0 unspecified atom stereocenters. The Bertz CT molecular complexity index is 522. The molecule has 0 bridgehead atoms. The predicted molar refractivity (Wildman–Crippen MR) is 63.1 cm³/mol. The van der Waals surface area contributed by atoms with Gasteiger partial charge in [0.25, 0.3) is 0 Å². The topological polar surface area (TPSA) is 57.6 Å². The lowest BCUT2D eigenvalue weighted by Gasteiger charge is -2.29. The van der Waals surface area contributed by atoms with E-state index >= 15 is 0 Å². The minimum atomic E-state index is -3.09. The Morgan fingerprint density at radius 2 is 1.67 bits per heavy atom. The lowest BCUT2D eigenvalue weighted by molar-refractivity contribution is 0.280. The molecule has 100 valence electrons. The second kappa shape index (κ2) is 4.81. The molecule has 1 N–H and O–H groups in total. The quantitative estimate of drug-likeness (QED) is 0.864. The highest BCUT2D eigenvalue weighted by molar-refractivity contribution is 7.91. The molecule has 1 aromatic carbocycles. The van der Waals surface area contributed by atoms with Crippen LogP contribution in [0.4, 0.5) is 14.5 Å². The standard InChI is InChI=1S/C11H13F2NO3S/c12-9-5-8(7-15)6-10(13)11(9)14-1-3-18(16,17)4-2-14/h5-6,15H,1-4,7H2. The Hall–Kier alpha value is -1.21. The monoisotopic (exact) mass is 277 g/mol. The first-order chi connectivity index (χ1) is 8.43. The van der Waals surface area contributed by atoms with Gasteiger partial charge in [-0.15, -0.1) is 0 Å². The van der Waals surface area contributed by atoms with Gasteiger partial charge in [-0.3, -0.25) is 0 Å². The molecule has 1 saturated heterocycles. The summed E-state index contributed by atoms with van der Waals surface area (Å²) in [4.78, 5) is 1.38. The Balaban J connectivity index is 2.29. The molecule has 0 atom stereocenters. The smallest absolute Gasteiger partial charge is 0.153 e. The molecule has 18 heavy (non-hydrogen) atoms. The maximum Gasteiger partial charge on any atom is 0.153 e. The van der Waals surface area contributed by atoms with Crippen molar-refractivity contribution in [2.45, 2.75) is 6.61 Å². The van der Waals surface area contributed by atoms with Crippen molar-refractivity contribution in [2.24, 2.45) is 0 Å². The molecular formula is C11H13F2NO3S. The summed E-state index contributed by atoms with van der Waals surface area (Å²) in [6.07, 6.45) is 0. The zero-order valence-corrected chi connectivity index (χ0v) is 10.4. The van der Waals surface area contributed by atoms with Gasteiger partial charge in [0, 0.05) is 13.1 Å². The minimum Gasteiger partial charge on any atom is -0.392 e. The maximum atomic E-state index is 13.7. The Morgan fingerprint density at radius 3 is 2.11 bits per heavy atom. The molecule has 0 spiro atoms. The van der Waals surface area contributed by atoms with Gasteiger partial charge >= 0.3 is 0 Å². The molecule has 0 radical (unpaired) electrons. The van der Waals surface area contributed by atoms with Crippen LogP contribution in [0.15, 0.2) is 12.1 Å². The fourth-order valence-corrected chi connectivity index (χ4v) is 3.15. The van der Waals surface area contributed by atoms with Crippen LogP contribution in [0.5, 0.6) is 0 Å². The van der Waals surface area contributed by atoms with Crippen LogP contribution in [0, 0.1) is 11.6 Å². The summed E-state index contributed by atoms with van der Waals surface area (Å²) < 4.78 is 50.0. The van der Waals surface area contributed by atoms with Crippen molar-refractivity contribution in [2.75, 3.05) is 29.5 Å². The molecular weight excluding hydrogens is 264 g/mol. The molecule has 1 aromatic rings. The SMILES string of the molecule is O=S1(=O)CCN(c2c(F)cc(CO)cc2F)CC1. The average molecular weight is 277 g/mol. The molecule has 0 amide bonds. The first kappa shape index (κ1) is 13.2. The summed E-state index contributed by atoms with van der Waals surface area (Å²) in [6.45, 7) is -0.286. The largest absolute Gasteiger partial charge is 0.392 e. The number of nitrogens with zero attached hydrogens (tertiary/aromatic N) is 1. The van der Waals surface area contributed by atoms with Crippen LogP contribution in [0.1, 0.15) is 5.56 Å². The van der Waals surface area contributed by atoms with Crippen LogP contribution in [0.25, 0.3) is 0 Å². The number of rotatable bonds is 2. The van der Waals surface area contributed by atoms with E-state index in [1.165, 1.54) is 4.90 Å². The van der Waals surface area contributed by atoms with Gasteiger partial charge in [0.2, 0.25) is 0 Å². The van der Waals surface area contributed by atoms with E-state index in [0.717, 1.165) is 12.1 Å². The van der Waals surface area contributed by atoms with Gasteiger partial charge in [-0.2, -0.15) is 0 Å². The molecule has 0 aromatic heterocycles. The summed E-state index contributed by atoms with van der Waals surface area (Å²) >= 11 is 0. The van der Waals surface area contributed by atoms with Gasteiger partial charge in [-0.05, 0) is 17.7 Å². The minimum absolute atomic E-state index is 0.0780. The number of anilines is 1. The summed E-state index contributed by atoms with van der Waals surface area (Å²) in [5, 5.41) is 8.83. The van der Waals surface area contributed by atoms with E-state index < -0.39 is 28.1 Å². The highest BCUT2D eigenvalue weighted by Gasteiger charge is 2.25. The third kappa shape index (κ3) is 2.62. The van der Waals surface area contributed by atoms with Crippen molar-refractivity contribution < 1.29 is 22.3 Å². The number of hydrogen-bond donors (Lipinski definition) is 1. The van der Waals surface area contributed by atoms with Crippen LogP contribution >= 0.6 is 0 Å². The summed E-state index contributed by atoms with van der Waals surface area (Å²) in [5.41, 5.74) is -0.0690. The molecule has 1 aliphatic heterocycles. The van der Waals surface area contributed by atoms with Crippen LogP contribution in [0.3, 0.4) is 0 Å². The first-order valence-corrected chi connectivity index (χ1v) is 7.29. The normalized spacial score (nSPS) is 18.9. The highest BCUT2D eigenvalue weighted by atomic mass is 32.2. The molecule has 0 saturated carbocycles. The van der Waals surface area contributed by atoms with Crippen molar-refractivity contribution in [3.63, 3.8) is 0 Å². The molecule has 7 heteroatoms. The van der Waals surface area contributed by atoms with Crippen LogP contribution < -0.4 is 4.90 Å². The third-order valence-corrected chi connectivity index (χ3v) is 4.53. The van der Waals surface area contributed by atoms with Crippen LogP contribution in [-0.2, 0) is 16.4 Å². The van der Waals surface area contributed by atoms with E-state index in [9.17, 15) is 17.2 Å². The number of aliphatic hydroxyl groups is 1. The second-order valence-corrected chi connectivity index (χ2v) is 6.51. The fraction of sp³-hybridized carbons (Fsp3) is 0.455. The zero-order valence-electron chi connectivity index (χ0n) is 9.57. The molecule has 1 heterocycles. The van der Waals surface area contributed by atoms with Gasteiger partial charge in [0.15, 0.2) is 9.84 Å². The van der Waals surface area contributed by atoms with Crippen LogP contribution in [0.2, 0.25) is 0 Å². The van der Waals surface area contributed by atoms with E-state index in [1.807, 2.05) is 0 Å². The molecule has 1 aliphatic rings. The molecule has 4 nitrogen and oxygen atoms in total. The summed E-state index contributed by atoms with van der Waals surface area (Å²) in [6, 6.07) is 2.11. The number of aliphatic hydroxyl groups excluding tert-OH is 1. The highest BCUT2D eigenvalue weighted by Crippen LogP contribution is 2.26. The van der Waals surface area contributed by atoms with E-state index in [1.54, 1.807) is 0 Å². The molecule has 1 fully saturated rings. The van der Waals surface area contributed by atoms with Gasteiger partial charge in [0.1, 0.15) is 17.3 Å². The van der Waals surface area contributed by atoms with Gasteiger partial charge in [-0.25, -0.2) is 17.2 Å².